The van der Waals surface area contributed by atoms with Crippen molar-refractivity contribution in [1.82, 2.24) is 9.78 Å². The van der Waals surface area contributed by atoms with Crippen molar-refractivity contribution in [3.8, 4) is 0 Å². The highest BCUT2D eigenvalue weighted by Gasteiger charge is 2.30. The van der Waals surface area contributed by atoms with E-state index in [-0.39, 0.29) is 18.6 Å². The summed E-state index contributed by atoms with van der Waals surface area (Å²) >= 11 is 0. The minimum Gasteiger partial charge on any atom is -0.479 e. The molecule has 1 aliphatic rings. The Bertz CT molecular complexity index is 567. The normalized spacial score (nSPS) is 21.9. The number of carboxylic acid groups (broad SMARTS) is 1. The van der Waals surface area contributed by atoms with E-state index in [1.54, 1.807) is 13.8 Å². The summed E-state index contributed by atoms with van der Waals surface area (Å²) < 4.78 is 7.02. The van der Waals surface area contributed by atoms with Crippen LogP contribution in [-0.2, 0) is 19.9 Å². The molecular formula is C16H25N3O4. The first kappa shape index (κ1) is 17.5. The van der Waals surface area contributed by atoms with Gasteiger partial charge in [0.2, 0.25) is 5.91 Å². The number of amides is 1. The Hall–Kier alpha value is -1.89. The molecule has 0 saturated heterocycles. The lowest BCUT2D eigenvalue weighted by Gasteiger charge is -2.28. The molecule has 0 bridgehead atoms. The largest absolute Gasteiger partial charge is 0.479 e. The average Bonchev–Trinajstić information content (AvgIpc) is 2.95. The third kappa shape index (κ3) is 4.31. The van der Waals surface area contributed by atoms with Gasteiger partial charge in [0, 0.05) is 6.20 Å². The number of carbonyl (C=O) groups excluding carboxylic acids is 1. The molecule has 128 valence electrons. The molecule has 1 aromatic rings. The van der Waals surface area contributed by atoms with Crippen LogP contribution in [0, 0.1) is 5.92 Å². The van der Waals surface area contributed by atoms with E-state index in [2.05, 4.69) is 17.3 Å². The summed E-state index contributed by atoms with van der Waals surface area (Å²) in [4.78, 5) is 23.2. The van der Waals surface area contributed by atoms with Gasteiger partial charge < -0.3 is 15.2 Å². The summed E-state index contributed by atoms with van der Waals surface area (Å²) in [5.74, 6) is -0.765. The number of carbonyl (C=O) groups is 2. The van der Waals surface area contributed by atoms with Crippen molar-refractivity contribution in [2.75, 3.05) is 11.9 Å². The van der Waals surface area contributed by atoms with Crippen LogP contribution < -0.4 is 5.32 Å². The maximum atomic E-state index is 12.0. The fourth-order valence-corrected chi connectivity index (χ4v) is 2.70. The fourth-order valence-electron chi connectivity index (χ4n) is 2.70. The third-order valence-corrected chi connectivity index (χ3v) is 4.42. The van der Waals surface area contributed by atoms with E-state index in [1.165, 1.54) is 23.5 Å². The minimum atomic E-state index is -1.17. The summed E-state index contributed by atoms with van der Waals surface area (Å²) in [6, 6.07) is 0. The van der Waals surface area contributed by atoms with Gasteiger partial charge in [-0.25, -0.2) is 4.79 Å². The SMILES string of the molecule is CC1CCCCC1OCC(=O)Nc1cnn(C(C)(C)C(=O)O)c1. The van der Waals surface area contributed by atoms with Crippen LogP contribution in [0.4, 0.5) is 5.69 Å². The van der Waals surface area contributed by atoms with E-state index in [1.807, 2.05) is 0 Å². The summed E-state index contributed by atoms with van der Waals surface area (Å²) in [5.41, 5.74) is -0.707. The topological polar surface area (TPSA) is 93.5 Å². The Labute approximate surface area is 136 Å². The summed E-state index contributed by atoms with van der Waals surface area (Å²) in [7, 11) is 0. The van der Waals surface area contributed by atoms with E-state index in [0.29, 0.717) is 11.6 Å². The summed E-state index contributed by atoms with van der Waals surface area (Å²) in [6.45, 7) is 5.24. The van der Waals surface area contributed by atoms with Gasteiger partial charge in [0.15, 0.2) is 5.54 Å². The van der Waals surface area contributed by atoms with Crippen LogP contribution in [0.5, 0.6) is 0 Å². The van der Waals surface area contributed by atoms with Crippen molar-refractivity contribution >= 4 is 17.6 Å². The molecule has 1 aliphatic carbocycles. The van der Waals surface area contributed by atoms with Gasteiger partial charge in [0.25, 0.3) is 0 Å². The van der Waals surface area contributed by atoms with Gasteiger partial charge in [0.05, 0.1) is 18.0 Å². The van der Waals surface area contributed by atoms with Gasteiger partial charge in [-0.05, 0) is 32.6 Å². The Morgan fingerprint density at radius 1 is 1.43 bits per heavy atom. The van der Waals surface area contributed by atoms with Crippen molar-refractivity contribution < 1.29 is 19.4 Å². The molecule has 1 amide bonds. The number of nitrogens with zero attached hydrogens (tertiary/aromatic N) is 2. The van der Waals surface area contributed by atoms with E-state index >= 15 is 0 Å². The lowest BCUT2D eigenvalue weighted by atomic mass is 9.88. The molecule has 0 aliphatic heterocycles. The molecule has 0 aromatic carbocycles. The summed E-state index contributed by atoms with van der Waals surface area (Å²) in [6.07, 6.45) is 7.60. The molecule has 2 N–H and O–H groups in total. The quantitative estimate of drug-likeness (QED) is 0.837. The number of nitrogens with one attached hydrogen (secondary N) is 1. The zero-order valence-corrected chi connectivity index (χ0v) is 13.9. The van der Waals surface area contributed by atoms with E-state index < -0.39 is 11.5 Å². The lowest BCUT2D eigenvalue weighted by molar-refractivity contribution is -0.146. The second-order valence-corrected chi connectivity index (χ2v) is 6.70. The van der Waals surface area contributed by atoms with Gasteiger partial charge in [-0.1, -0.05) is 19.8 Å². The molecule has 7 nitrogen and oxygen atoms in total. The standard InChI is InChI=1S/C16H25N3O4/c1-11-6-4-5-7-13(11)23-10-14(20)18-12-8-17-19(9-12)16(2,3)15(21)22/h8-9,11,13H,4-7,10H2,1-3H3,(H,18,20)(H,21,22). The molecule has 1 heterocycles. The zero-order valence-electron chi connectivity index (χ0n) is 13.9. The van der Waals surface area contributed by atoms with Crippen LogP contribution in [0.3, 0.4) is 0 Å². The van der Waals surface area contributed by atoms with Gasteiger partial charge in [-0.2, -0.15) is 5.10 Å². The highest BCUT2D eigenvalue weighted by Crippen LogP contribution is 2.26. The molecule has 2 unspecified atom stereocenters. The van der Waals surface area contributed by atoms with Crippen molar-refractivity contribution in [3.63, 3.8) is 0 Å². The van der Waals surface area contributed by atoms with E-state index in [4.69, 9.17) is 4.74 Å². The van der Waals surface area contributed by atoms with Crippen LogP contribution in [0.15, 0.2) is 12.4 Å². The van der Waals surface area contributed by atoms with Crippen molar-refractivity contribution in [2.24, 2.45) is 5.92 Å². The zero-order chi connectivity index (χ0) is 17.0. The number of anilines is 1. The second-order valence-electron chi connectivity index (χ2n) is 6.70. The van der Waals surface area contributed by atoms with Crippen molar-refractivity contribution in [3.05, 3.63) is 12.4 Å². The average molecular weight is 323 g/mol. The molecule has 1 aromatic heterocycles. The summed E-state index contributed by atoms with van der Waals surface area (Å²) in [5, 5.41) is 15.9. The van der Waals surface area contributed by atoms with Gasteiger partial charge in [-0.15, -0.1) is 0 Å². The van der Waals surface area contributed by atoms with Crippen LogP contribution in [0.1, 0.15) is 46.5 Å². The maximum absolute atomic E-state index is 12.0. The first-order chi connectivity index (χ1) is 10.8. The first-order valence-electron chi connectivity index (χ1n) is 8.00. The molecule has 1 fully saturated rings. The number of hydrogen-bond acceptors (Lipinski definition) is 4. The fraction of sp³-hybridized carbons (Fsp3) is 0.688. The number of ether oxygens (including phenoxy) is 1. The number of aliphatic carboxylic acids is 1. The van der Waals surface area contributed by atoms with Crippen LogP contribution >= 0.6 is 0 Å². The van der Waals surface area contributed by atoms with Crippen molar-refractivity contribution in [1.29, 1.82) is 0 Å². The van der Waals surface area contributed by atoms with Crippen LogP contribution in [0.2, 0.25) is 0 Å². The number of hydrogen-bond donors (Lipinski definition) is 2. The molecule has 23 heavy (non-hydrogen) atoms. The highest BCUT2D eigenvalue weighted by molar-refractivity contribution is 5.91. The third-order valence-electron chi connectivity index (χ3n) is 4.42. The Balaban J connectivity index is 1.86. The van der Waals surface area contributed by atoms with Crippen molar-refractivity contribution in [2.45, 2.75) is 58.1 Å². The molecule has 2 atom stereocenters. The predicted molar refractivity (Wildman–Crippen MR) is 85.2 cm³/mol. The molecule has 1 saturated carbocycles. The predicted octanol–water partition coefficient (Wildman–Crippen LogP) is 2.24. The molecule has 0 spiro atoms. The van der Waals surface area contributed by atoms with Crippen LogP contribution in [0.25, 0.3) is 0 Å². The van der Waals surface area contributed by atoms with E-state index in [9.17, 15) is 14.7 Å². The molecular weight excluding hydrogens is 298 g/mol. The molecule has 0 radical (unpaired) electrons. The van der Waals surface area contributed by atoms with Gasteiger partial charge in [-0.3, -0.25) is 9.48 Å². The molecule has 2 rings (SSSR count). The monoisotopic (exact) mass is 323 g/mol. The number of rotatable bonds is 6. The van der Waals surface area contributed by atoms with Crippen LogP contribution in [-0.4, -0.2) is 39.5 Å². The Kier molecular flexibility index (Phi) is 5.41. The Morgan fingerprint density at radius 3 is 2.78 bits per heavy atom. The second kappa shape index (κ2) is 7.12. The highest BCUT2D eigenvalue weighted by atomic mass is 16.5. The molecule has 7 heteroatoms. The smallest absolute Gasteiger partial charge is 0.331 e. The number of carboxylic acids is 1. The maximum Gasteiger partial charge on any atom is 0.331 e. The minimum absolute atomic E-state index is 0.00249. The Morgan fingerprint density at radius 2 is 2.13 bits per heavy atom. The first-order valence-corrected chi connectivity index (χ1v) is 8.00. The lowest BCUT2D eigenvalue weighted by Crippen LogP contribution is -2.36. The number of aromatic nitrogens is 2. The van der Waals surface area contributed by atoms with Gasteiger partial charge >= 0.3 is 5.97 Å². The van der Waals surface area contributed by atoms with E-state index in [0.717, 1.165) is 19.3 Å². The van der Waals surface area contributed by atoms with Gasteiger partial charge in [0.1, 0.15) is 6.61 Å².